The van der Waals surface area contributed by atoms with E-state index in [2.05, 4.69) is 26.0 Å². The first kappa shape index (κ1) is 19.3. The van der Waals surface area contributed by atoms with Gasteiger partial charge in [0.15, 0.2) is 6.29 Å². The molecule has 0 saturated carbocycles. The Hall–Kier alpha value is -1.06. The summed E-state index contributed by atoms with van der Waals surface area (Å²) in [5.74, 6) is 1.48. The first-order valence-electron chi connectivity index (χ1n) is 9.79. The van der Waals surface area contributed by atoms with Crippen LogP contribution in [0.1, 0.15) is 77.1 Å². The molecule has 0 atom stereocenters. The van der Waals surface area contributed by atoms with Crippen LogP contribution in [0.25, 0.3) is 0 Å². The zero-order valence-corrected chi connectivity index (χ0v) is 15.5. The van der Waals surface area contributed by atoms with Crippen molar-refractivity contribution in [3.63, 3.8) is 0 Å². The Morgan fingerprint density at radius 3 is 2.21 bits per heavy atom. The highest BCUT2D eigenvalue weighted by molar-refractivity contribution is 5.28. The molecular weight excluding hydrogens is 300 g/mol. The van der Waals surface area contributed by atoms with Crippen molar-refractivity contribution in [3.8, 4) is 5.75 Å². The molecule has 1 heterocycles. The summed E-state index contributed by atoms with van der Waals surface area (Å²) in [4.78, 5) is 0. The zero-order valence-electron chi connectivity index (χ0n) is 15.5. The number of rotatable bonds is 11. The van der Waals surface area contributed by atoms with Crippen molar-refractivity contribution in [2.75, 3.05) is 19.8 Å². The highest BCUT2D eigenvalue weighted by atomic mass is 16.7. The van der Waals surface area contributed by atoms with Gasteiger partial charge in [-0.05, 0) is 25.0 Å². The Bertz CT molecular complexity index is 421. The fourth-order valence-corrected chi connectivity index (χ4v) is 3.03. The first-order chi connectivity index (χ1) is 11.8. The second-order valence-electron chi connectivity index (χ2n) is 6.84. The number of hydrogen-bond acceptors (Lipinski definition) is 3. The first-order valence-corrected chi connectivity index (χ1v) is 9.79. The molecule has 1 aliphatic heterocycles. The van der Waals surface area contributed by atoms with Crippen molar-refractivity contribution >= 4 is 0 Å². The second kappa shape index (κ2) is 11.5. The summed E-state index contributed by atoms with van der Waals surface area (Å²) in [7, 11) is 0. The quantitative estimate of drug-likeness (QED) is 0.472. The molecule has 1 aromatic carbocycles. The summed E-state index contributed by atoms with van der Waals surface area (Å²) >= 11 is 0. The average Bonchev–Trinajstić information content (AvgIpc) is 2.64. The summed E-state index contributed by atoms with van der Waals surface area (Å²) in [6.45, 7) is 6.87. The molecule has 3 nitrogen and oxygen atoms in total. The largest absolute Gasteiger partial charge is 0.494 e. The maximum absolute atomic E-state index is 5.92. The normalized spacial score (nSPS) is 20.9. The third kappa shape index (κ3) is 6.82. The average molecular weight is 335 g/mol. The maximum atomic E-state index is 5.92. The van der Waals surface area contributed by atoms with Crippen LogP contribution in [-0.4, -0.2) is 19.8 Å². The predicted octanol–water partition coefficient (Wildman–Crippen LogP) is 5.89. The van der Waals surface area contributed by atoms with Gasteiger partial charge in [-0.3, -0.25) is 0 Å². The lowest BCUT2D eigenvalue weighted by molar-refractivity contribution is -0.206. The van der Waals surface area contributed by atoms with Crippen LogP contribution in [-0.2, 0) is 9.47 Å². The van der Waals surface area contributed by atoms with Gasteiger partial charge in [0, 0.05) is 11.5 Å². The van der Waals surface area contributed by atoms with Gasteiger partial charge in [-0.25, -0.2) is 0 Å². The summed E-state index contributed by atoms with van der Waals surface area (Å²) in [6, 6.07) is 8.15. The number of unbranched alkanes of at least 4 members (excludes halogenated alkanes) is 5. The second-order valence-corrected chi connectivity index (χ2v) is 6.84. The molecule has 2 rings (SSSR count). The SMILES string of the molecule is CCCCCCC1COC(c2ccc(OCCCCC)cc2)OC1. The predicted molar refractivity (Wildman–Crippen MR) is 98.4 cm³/mol. The van der Waals surface area contributed by atoms with Gasteiger partial charge in [0.25, 0.3) is 0 Å². The molecule has 1 aliphatic rings. The molecule has 0 aliphatic carbocycles. The molecule has 0 radical (unpaired) electrons. The van der Waals surface area contributed by atoms with Gasteiger partial charge in [-0.2, -0.15) is 0 Å². The molecule has 24 heavy (non-hydrogen) atoms. The lowest BCUT2D eigenvalue weighted by Crippen LogP contribution is -2.27. The van der Waals surface area contributed by atoms with Gasteiger partial charge in [0.05, 0.1) is 19.8 Å². The summed E-state index contributed by atoms with van der Waals surface area (Å²) in [6.07, 6.45) is 9.81. The van der Waals surface area contributed by atoms with E-state index in [1.807, 2.05) is 12.1 Å². The smallest absolute Gasteiger partial charge is 0.183 e. The summed E-state index contributed by atoms with van der Waals surface area (Å²) in [5, 5.41) is 0. The van der Waals surface area contributed by atoms with Gasteiger partial charge in [-0.15, -0.1) is 0 Å². The van der Waals surface area contributed by atoms with E-state index in [1.54, 1.807) is 0 Å². The van der Waals surface area contributed by atoms with Crippen LogP contribution >= 0.6 is 0 Å². The minimum Gasteiger partial charge on any atom is -0.494 e. The van der Waals surface area contributed by atoms with E-state index >= 15 is 0 Å². The van der Waals surface area contributed by atoms with Gasteiger partial charge in [0.1, 0.15) is 5.75 Å². The van der Waals surface area contributed by atoms with Crippen LogP contribution in [0.3, 0.4) is 0 Å². The minimum absolute atomic E-state index is 0.217. The number of hydrogen-bond donors (Lipinski definition) is 0. The van der Waals surface area contributed by atoms with Crippen molar-refractivity contribution in [1.82, 2.24) is 0 Å². The monoisotopic (exact) mass is 334 g/mol. The maximum Gasteiger partial charge on any atom is 0.183 e. The Labute approximate surface area is 147 Å². The molecule has 0 N–H and O–H groups in total. The van der Waals surface area contributed by atoms with Crippen LogP contribution < -0.4 is 4.74 Å². The van der Waals surface area contributed by atoms with Gasteiger partial charge < -0.3 is 14.2 Å². The molecule has 136 valence electrons. The third-order valence-electron chi connectivity index (χ3n) is 4.60. The zero-order chi connectivity index (χ0) is 17.0. The lowest BCUT2D eigenvalue weighted by Gasteiger charge is -2.29. The van der Waals surface area contributed by atoms with Crippen molar-refractivity contribution in [1.29, 1.82) is 0 Å². The third-order valence-corrected chi connectivity index (χ3v) is 4.60. The Kier molecular flexibility index (Phi) is 9.22. The minimum atomic E-state index is -0.217. The Morgan fingerprint density at radius 2 is 1.54 bits per heavy atom. The molecular formula is C21H34O3. The Balaban J connectivity index is 1.68. The number of ether oxygens (including phenoxy) is 3. The summed E-state index contributed by atoms with van der Waals surface area (Å²) in [5.41, 5.74) is 1.08. The van der Waals surface area contributed by atoms with Gasteiger partial charge in [0.2, 0.25) is 0 Å². The Morgan fingerprint density at radius 1 is 0.875 bits per heavy atom. The number of benzene rings is 1. The van der Waals surface area contributed by atoms with Crippen LogP contribution in [0.15, 0.2) is 24.3 Å². The van der Waals surface area contributed by atoms with E-state index in [0.29, 0.717) is 5.92 Å². The fourth-order valence-electron chi connectivity index (χ4n) is 3.03. The van der Waals surface area contributed by atoms with Gasteiger partial charge in [-0.1, -0.05) is 64.5 Å². The van der Waals surface area contributed by atoms with Crippen LogP contribution in [0.4, 0.5) is 0 Å². The molecule has 0 amide bonds. The van der Waals surface area contributed by atoms with Crippen LogP contribution in [0.5, 0.6) is 5.75 Å². The highest BCUT2D eigenvalue weighted by Gasteiger charge is 2.23. The topological polar surface area (TPSA) is 27.7 Å². The van der Waals surface area contributed by atoms with E-state index < -0.39 is 0 Å². The van der Waals surface area contributed by atoms with Crippen LogP contribution in [0.2, 0.25) is 0 Å². The molecule has 0 aromatic heterocycles. The van der Waals surface area contributed by atoms with Crippen molar-refractivity contribution in [2.24, 2.45) is 5.92 Å². The molecule has 0 unspecified atom stereocenters. The van der Waals surface area contributed by atoms with Crippen molar-refractivity contribution in [2.45, 2.75) is 71.5 Å². The fraction of sp³-hybridized carbons (Fsp3) is 0.714. The molecule has 1 aromatic rings. The molecule has 3 heteroatoms. The highest BCUT2D eigenvalue weighted by Crippen LogP contribution is 2.28. The van der Waals surface area contributed by atoms with E-state index in [9.17, 15) is 0 Å². The molecule has 0 spiro atoms. The van der Waals surface area contributed by atoms with Gasteiger partial charge >= 0.3 is 0 Å². The van der Waals surface area contributed by atoms with E-state index in [4.69, 9.17) is 14.2 Å². The lowest BCUT2D eigenvalue weighted by atomic mass is 10.0. The standard InChI is InChI=1S/C21H34O3/c1-3-5-7-8-10-18-16-23-21(24-17-18)19-11-13-20(14-12-19)22-15-9-6-4-2/h11-14,18,21H,3-10,15-17H2,1-2H3. The van der Waals surface area contributed by atoms with E-state index in [1.165, 1.54) is 44.9 Å². The molecule has 0 bridgehead atoms. The van der Waals surface area contributed by atoms with Crippen LogP contribution in [0, 0.1) is 5.92 Å². The molecule has 1 fully saturated rings. The van der Waals surface area contributed by atoms with E-state index in [-0.39, 0.29) is 6.29 Å². The van der Waals surface area contributed by atoms with E-state index in [0.717, 1.165) is 37.6 Å². The molecule has 1 saturated heterocycles. The summed E-state index contributed by atoms with van der Waals surface area (Å²) < 4.78 is 17.6. The van der Waals surface area contributed by atoms with Crippen molar-refractivity contribution < 1.29 is 14.2 Å². The van der Waals surface area contributed by atoms with Crippen molar-refractivity contribution in [3.05, 3.63) is 29.8 Å².